The summed E-state index contributed by atoms with van der Waals surface area (Å²) in [6.45, 7) is 12.2. The van der Waals surface area contributed by atoms with Crippen molar-refractivity contribution in [3.8, 4) is 0 Å². The number of nitrogens with one attached hydrogen (secondary N) is 1. The molecule has 0 radical (unpaired) electrons. The molecule has 3 fully saturated rings. The van der Waals surface area contributed by atoms with Gasteiger partial charge in [0.25, 0.3) is 0 Å². The second-order valence-electron chi connectivity index (χ2n) is 10.9. The largest absolute Gasteiger partial charge is 0.460 e. The van der Waals surface area contributed by atoms with E-state index < -0.39 is 41.7 Å². The van der Waals surface area contributed by atoms with E-state index in [2.05, 4.69) is 41.3 Å². The first-order valence-electron chi connectivity index (χ1n) is 14.4. The standard InChI is InChI=1S/C29H44BrN3O7/c1-5-8-10-14-32(13-7-3)27(37)25-29-17-20(30)24(40-29)22(23(29)26(36)33(25)15-11-16-34)28(38)39-19(4)18-31-21(35)12-9-6-2/h6-7,19-20,22-25,34H,2-3,5,8-18H2,1,4H3,(H,31,35)/t19-,20?,22+,23-,24+,25+,29-/m1/s1. The third-order valence-corrected chi connectivity index (χ3v) is 8.87. The maximum atomic E-state index is 14.1. The monoisotopic (exact) mass is 625 g/mol. The molecule has 0 aromatic carbocycles. The van der Waals surface area contributed by atoms with Gasteiger partial charge in [-0.1, -0.05) is 47.8 Å². The number of amides is 3. The number of alkyl halides is 1. The van der Waals surface area contributed by atoms with E-state index in [4.69, 9.17) is 9.47 Å². The van der Waals surface area contributed by atoms with Gasteiger partial charge < -0.3 is 29.7 Å². The summed E-state index contributed by atoms with van der Waals surface area (Å²) in [5, 5.41) is 12.3. The number of carbonyl (C=O) groups excluding carboxylic acids is 4. The molecule has 0 aliphatic carbocycles. The zero-order valence-electron chi connectivity index (χ0n) is 23.7. The number of halogens is 1. The van der Waals surface area contributed by atoms with Gasteiger partial charge in [-0.2, -0.15) is 0 Å². The van der Waals surface area contributed by atoms with Crippen LogP contribution >= 0.6 is 15.9 Å². The normalized spacial score (nSPS) is 29.1. The van der Waals surface area contributed by atoms with Crippen LogP contribution in [0.4, 0.5) is 0 Å². The number of rotatable bonds is 17. The predicted octanol–water partition coefficient (Wildman–Crippen LogP) is 2.34. The highest BCUT2D eigenvalue weighted by Crippen LogP contribution is 2.60. The van der Waals surface area contributed by atoms with Gasteiger partial charge in [-0.05, 0) is 32.6 Å². The summed E-state index contributed by atoms with van der Waals surface area (Å²) in [5.74, 6) is -3.07. The summed E-state index contributed by atoms with van der Waals surface area (Å²) >= 11 is 3.65. The lowest BCUT2D eigenvalue weighted by Gasteiger charge is -2.37. The molecule has 3 rings (SSSR count). The molecule has 2 N–H and O–H groups in total. The molecule has 0 saturated carbocycles. The molecular formula is C29H44BrN3O7. The molecule has 0 aromatic heterocycles. The Morgan fingerprint density at radius 2 is 2.05 bits per heavy atom. The van der Waals surface area contributed by atoms with Crippen molar-refractivity contribution in [1.82, 2.24) is 15.1 Å². The van der Waals surface area contributed by atoms with Gasteiger partial charge in [0.2, 0.25) is 17.7 Å². The Morgan fingerprint density at radius 1 is 1.30 bits per heavy atom. The van der Waals surface area contributed by atoms with Gasteiger partial charge in [-0.25, -0.2) is 0 Å². The Labute approximate surface area is 245 Å². The van der Waals surface area contributed by atoms with Gasteiger partial charge in [0, 0.05) is 37.5 Å². The number of fused-ring (bicyclic) bond motifs is 1. The van der Waals surface area contributed by atoms with E-state index in [9.17, 15) is 24.3 Å². The first kappa shape index (κ1) is 32.3. The number of esters is 1. The summed E-state index contributed by atoms with van der Waals surface area (Å²) < 4.78 is 12.2. The zero-order chi connectivity index (χ0) is 29.4. The summed E-state index contributed by atoms with van der Waals surface area (Å²) in [6, 6.07) is -0.914. The fourth-order valence-electron chi connectivity index (χ4n) is 6.23. The van der Waals surface area contributed by atoms with Crippen molar-refractivity contribution >= 4 is 39.6 Å². The van der Waals surface area contributed by atoms with E-state index >= 15 is 0 Å². The van der Waals surface area contributed by atoms with Gasteiger partial charge in [-0.3, -0.25) is 19.2 Å². The number of hydrogen-bond acceptors (Lipinski definition) is 7. The second-order valence-corrected chi connectivity index (χ2v) is 12.1. The van der Waals surface area contributed by atoms with Crippen molar-refractivity contribution in [3.63, 3.8) is 0 Å². The number of aliphatic hydroxyl groups is 1. The lowest BCUT2D eigenvalue weighted by Crippen LogP contribution is -2.57. The van der Waals surface area contributed by atoms with Gasteiger partial charge in [0.1, 0.15) is 17.7 Å². The fraction of sp³-hybridized carbons (Fsp3) is 0.724. The van der Waals surface area contributed by atoms with Crippen LogP contribution < -0.4 is 5.32 Å². The van der Waals surface area contributed by atoms with Gasteiger partial charge in [0.15, 0.2) is 0 Å². The van der Waals surface area contributed by atoms with Crippen LogP contribution in [0.25, 0.3) is 0 Å². The topological polar surface area (TPSA) is 125 Å². The van der Waals surface area contributed by atoms with E-state index in [1.807, 2.05) is 0 Å². The Hall–Kier alpha value is -2.24. The Kier molecular flexibility index (Phi) is 11.8. The maximum Gasteiger partial charge on any atom is 0.312 e. The molecule has 3 aliphatic rings. The van der Waals surface area contributed by atoms with Crippen molar-refractivity contribution in [2.24, 2.45) is 11.8 Å². The van der Waals surface area contributed by atoms with E-state index in [0.29, 0.717) is 38.8 Å². The summed E-state index contributed by atoms with van der Waals surface area (Å²) in [4.78, 5) is 56.5. The highest BCUT2D eigenvalue weighted by Gasteiger charge is 2.77. The van der Waals surface area contributed by atoms with Crippen molar-refractivity contribution in [2.45, 2.75) is 87.5 Å². The molecule has 224 valence electrons. The van der Waals surface area contributed by atoms with Crippen LogP contribution in [-0.4, -0.2) is 100 Å². The first-order valence-corrected chi connectivity index (χ1v) is 15.3. The molecule has 3 saturated heterocycles. The highest BCUT2D eigenvalue weighted by molar-refractivity contribution is 9.09. The van der Waals surface area contributed by atoms with Gasteiger partial charge >= 0.3 is 5.97 Å². The van der Waals surface area contributed by atoms with E-state index in [-0.39, 0.29) is 42.2 Å². The lowest BCUT2D eigenvalue weighted by molar-refractivity contribution is -0.159. The van der Waals surface area contributed by atoms with Crippen molar-refractivity contribution in [2.75, 3.05) is 32.8 Å². The Bertz CT molecular complexity index is 962. The predicted molar refractivity (Wildman–Crippen MR) is 153 cm³/mol. The smallest absolute Gasteiger partial charge is 0.312 e. The van der Waals surface area contributed by atoms with E-state index in [1.54, 1.807) is 24.0 Å². The lowest BCUT2D eigenvalue weighted by atomic mass is 9.70. The number of nitrogens with zero attached hydrogens (tertiary/aromatic N) is 2. The molecule has 11 heteroatoms. The number of allylic oxidation sites excluding steroid dienone is 1. The van der Waals surface area contributed by atoms with Gasteiger partial charge in [0.05, 0.1) is 24.5 Å². The van der Waals surface area contributed by atoms with Crippen molar-refractivity contribution in [1.29, 1.82) is 0 Å². The first-order chi connectivity index (χ1) is 19.2. The SMILES string of the molecule is C=CCCC(=O)NC[C@@H](C)OC(=O)[C@@H]1[C@H]2O[C@@]3(CC2Br)[C@H](C(=O)N(CC=C)CCCCC)N(CCCO)C(=O)[C@@H]13. The molecule has 2 bridgehead atoms. The van der Waals surface area contributed by atoms with Crippen LogP contribution in [0.15, 0.2) is 25.3 Å². The van der Waals surface area contributed by atoms with Crippen molar-refractivity contribution in [3.05, 3.63) is 25.3 Å². The zero-order valence-corrected chi connectivity index (χ0v) is 25.3. The number of aliphatic hydroxyl groups excluding tert-OH is 1. The highest BCUT2D eigenvalue weighted by atomic mass is 79.9. The molecular weight excluding hydrogens is 582 g/mol. The molecule has 7 atom stereocenters. The molecule has 3 heterocycles. The maximum absolute atomic E-state index is 14.1. The van der Waals surface area contributed by atoms with Crippen LogP contribution in [0, 0.1) is 11.8 Å². The number of carbonyl (C=O) groups is 4. The molecule has 1 unspecified atom stereocenters. The van der Waals surface area contributed by atoms with Gasteiger partial charge in [-0.15, -0.1) is 13.2 Å². The molecule has 3 aliphatic heterocycles. The molecule has 0 aromatic rings. The quantitative estimate of drug-likeness (QED) is 0.110. The fourth-order valence-corrected chi connectivity index (χ4v) is 7.17. The summed E-state index contributed by atoms with van der Waals surface area (Å²) in [6.07, 6.45) is 6.43. The Morgan fingerprint density at radius 3 is 2.70 bits per heavy atom. The molecule has 40 heavy (non-hydrogen) atoms. The second kappa shape index (κ2) is 14.6. The number of likely N-dealkylation sites (tertiary alicyclic amines) is 1. The van der Waals surface area contributed by atoms with Crippen LogP contribution in [0.5, 0.6) is 0 Å². The average Bonchev–Trinajstić information content (AvgIpc) is 3.51. The van der Waals surface area contributed by atoms with Crippen LogP contribution in [-0.2, 0) is 28.7 Å². The average molecular weight is 627 g/mol. The van der Waals surface area contributed by atoms with Crippen molar-refractivity contribution < 1.29 is 33.8 Å². The minimum atomic E-state index is -1.18. The van der Waals surface area contributed by atoms with E-state index in [1.165, 1.54) is 4.90 Å². The number of unbranched alkanes of at least 4 members (excludes halogenated alkanes) is 2. The summed E-state index contributed by atoms with van der Waals surface area (Å²) in [7, 11) is 0. The minimum absolute atomic E-state index is 0.138. The Balaban J connectivity index is 1.85. The third-order valence-electron chi connectivity index (χ3n) is 8.02. The molecule has 10 nitrogen and oxygen atoms in total. The van der Waals surface area contributed by atoms with Crippen LogP contribution in [0.2, 0.25) is 0 Å². The summed E-state index contributed by atoms with van der Waals surface area (Å²) in [5.41, 5.74) is -1.18. The number of ether oxygens (including phenoxy) is 2. The number of hydrogen-bond donors (Lipinski definition) is 2. The molecule has 1 spiro atoms. The third kappa shape index (κ3) is 6.62. The minimum Gasteiger partial charge on any atom is -0.460 e. The van der Waals surface area contributed by atoms with E-state index in [0.717, 1.165) is 19.3 Å². The van der Waals surface area contributed by atoms with Crippen LogP contribution in [0.3, 0.4) is 0 Å². The van der Waals surface area contributed by atoms with Crippen LogP contribution in [0.1, 0.15) is 58.8 Å². The molecule has 3 amide bonds.